The minimum absolute atomic E-state index is 0.122. The first-order valence-corrected chi connectivity index (χ1v) is 6.43. The summed E-state index contributed by atoms with van der Waals surface area (Å²) in [6.45, 7) is 5.21. The van der Waals surface area contributed by atoms with Gasteiger partial charge in [-0.1, -0.05) is 6.92 Å². The lowest BCUT2D eigenvalue weighted by Gasteiger charge is -2.32. The van der Waals surface area contributed by atoms with Crippen LogP contribution in [0.5, 0.6) is 0 Å². The lowest BCUT2D eigenvalue weighted by atomic mass is 10.1. The van der Waals surface area contributed by atoms with E-state index in [-0.39, 0.29) is 11.9 Å². The maximum Gasteiger partial charge on any atom is 0.255 e. The first-order valence-electron chi connectivity index (χ1n) is 6.43. The molecule has 1 fully saturated rings. The van der Waals surface area contributed by atoms with Crippen molar-refractivity contribution in [3.05, 3.63) is 24.0 Å². The first kappa shape index (κ1) is 12.8. The van der Waals surface area contributed by atoms with Gasteiger partial charge in [0.15, 0.2) is 0 Å². The van der Waals surface area contributed by atoms with Gasteiger partial charge in [-0.25, -0.2) is 0 Å². The number of nitrogen functional groups attached to an aromatic ring is 1. The average molecular weight is 248 g/mol. The minimum atomic E-state index is -0.122. The highest BCUT2D eigenvalue weighted by molar-refractivity contribution is 5.98. The van der Waals surface area contributed by atoms with Gasteiger partial charge in [-0.15, -0.1) is 0 Å². The van der Waals surface area contributed by atoms with Crippen molar-refractivity contribution in [2.75, 3.05) is 25.4 Å². The number of hydrogen-bond donors (Lipinski definition) is 2. The maximum atomic E-state index is 12.1. The Morgan fingerprint density at radius 1 is 1.67 bits per heavy atom. The Morgan fingerprint density at radius 2 is 2.50 bits per heavy atom. The molecule has 1 aliphatic rings. The molecule has 0 radical (unpaired) electrons. The van der Waals surface area contributed by atoms with E-state index >= 15 is 0 Å². The lowest BCUT2D eigenvalue weighted by Crippen LogP contribution is -2.47. The molecule has 1 aliphatic heterocycles. The lowest BCUT2D eigenvalue weighted by molar-refractivity contribution is 0.0906. The van der Waals surface area contributed by atoms with Gasteiger partial charge >= 0.3 is 0 Å². The van der Waals surface area contributed by atoms with Gasteiger partial charge in [0, 0.05) is 30.7 Å². The van der Waals surface area contributed by atoms with Crippen LogP contribution in [0.1, 0.15) is 30.1 Å². The Balaban J connectivity index is 1.97. The summed E-state index contributed by atoms with van der Waals surface area (Å²) in [5.74, 6) is -0.122. The number of pyridine rings is 1. The quantitative estimate of drug-likeness (QED) is 0.833. The zero-order chi connectivity index (χ0) is 13.0. The third-order valence-corrected chi connectivity index (χ3v) is 3.39. The SMILES string of the molecule is CCN1CCC[C@H](NC(=O)c2cnccc2N)C1. The molecule has 0 spiro atoms. The summed E-state index contributed by atoms with van der Waals surface area (Å²) < 4.78 is 0. The van der Waals surface area contributed by atoms with Crippen molar-refractivity contribution in [1.29, 1.82) is 0 Å². The third-order valence-electron chi connectivity index (χ3n) is 3.39. The van der Waals surface area contributed by atoms with Crippen LogP contribution in [0.2, 0.25) is 0 Å². The summed E-state index contributed by atoms with van der Waals surface area (Å²) in [5.41, 5.74) is 6.71. The highest BCUT2D eigenvalue weighted by Crippen LogP contribution is 2.12. The van der Waals surface area contributed by atoms with Crippen LogP contribution >= 0.6 is 0 Å². The molecule has 0 bridgehead atoms. The molecule has 0 unspecified atom stereocenters. The highest BCUT2D eigenvalue weighted by Gasteiger charge is 2.21. The summed E-state index contributed by atoms with van der Waals surface area (Å²) in [4.78, 5) is 18.4. The van der Waals surface area contributed by atoms with Gasteiger partial charge in [-0.05, 0) is 32.0 Å². The summed E-state index contributed by atoms with van der Waals surface area (Å²) >= 11 is 0. The Kier molecular flexibility index (Phi) is 4.15. The van der Waals surface area contributed by atoms with Gasteiger partial charge in [0.25, 0.3) is 5.91 Å². The molecule has 18 heavy (non-hydrogen) atoms. The van der Waals surface area contributed by atoms with Crippen molar-refractivity contribution in [3.8, 4) is 0 Å². The number of likely N-dealkylation sites (N-methyl/N-ethyl adjacent to an activating group) is 1. The molecule has 98 valence electrons. The number of anilines is 1. The molecular formula is C13H20N4O. The predicted octanol–water partition coefficient (Wildman–Crippen LogP) is 0.878. The number of amides is 1. The zero-order valence-electron chi connectivity index (χ0n) is 10.7. The van der Waals surface area contributed by atoms with Crippen LogP contribution in [0, 0.1) is 0 Å². The van der Waals surface area contributed by atoms with E-state index in [0.29, 0.717) is 11.3 Å². The van der Waals surface area contributed by atoms with E-state index in [1.54, 1.807) is 12.3 Å². The number of likely N-dealkylation sites (tertiary alicyclic amines) is 1. The molecule has 1 aromatic heterocycles. The van der Waals surface area contributed by atoms with Crippen molar-refractivity contribution in [2.24, 2.45) is 0 Å². The van der Waals surface area contributed by atoms with Gasteiger partial charge in [0.1, 0.15) is 0 Å². The standard InChI is InChI=1S/C13H20N4O/c1-2-17-7-3-4-10(9-17)16-13(18)11-8-15-6-5-12(11)14/h5-6,8,10H,2-4,7,9H2,1H3,(H2,14,15)(H,16,18)/t10-/m0/s1. The van der Waals surface area contributed by atoms with Crippen molar-refractivity contribution in [3.63, 3.8) is 0 Å². The fraction of sp³-hybridized carbons (Fsp3) is 0.538. The smallest absolute Gasteiger partial charge is 0.255 e. The van der Waals surface area contributed by atoms with Gasteiger partial charge in [-0.2, -0.15) is 0 Å². The Morgan fingerprint density at radius 3 is 3.22 bits per heavy atom. The summed E-state index contributed by atoms with van der Waals surface area (Å²) in [6.07, 6.45) is 5.26. The van der Waals surface area contributed by atoms with Crippen LogP contribution in [-0.4, -0.2) is 41.5 Å². The van der Waals surface area contributed by atoms with E-state index in [1.165, 1.54) is 6.20 Å². The second kappa shape index (κ2) is 5.82. The van der Waals surface area contributed by atoms with Crippen LogP contribution in [0.15, 0.2) is 18.5 Å². The van der Waals surface area contributed by atoms with Gasteiger partial charge in [0.05, 0.1) is 5.56 Å². The molecular weight excluding hydrogens is 228 g/mol. The van der Waals surface area contributed by atoms with Gasteiger partial charge in [0.2, 0.25) is 0 Å². The number of carbonyl (C=O) groups is 1. The highest BCUT2D eigenvalue weighted by atomic mass is 16.1. The molecule has 0 aromatic carbocycles. The predicted molar refractivity (Wildman–Crippen MR) is 71.3 cm³/mol. The van der Waals surface area contributed by atoms with Gasteiger partial charge in [-0.3, -0.25) is 9.78 Å². The number of carbonyl (C=O) groups excluding carboxylic acids is 1. The van der Waals surface area contributed by atoms with Crippen LogP contribution < -0.4 is 11.1 Å². The van der Waals surface area contributed by atoms with Crippen molar-refractivity contribution in [2.45, 2.75) is 25.8 Å². The summed E-state index contributed by atoms with van der Waals surface area (Å²) in [5, 5.41) is 3.04. The van der Waals surface area contributed by atoms with E-state index in [0.717, 1.165) is 32.5 Å². The normalized spacial score (nSPS) is 20.6. The first-order chi connectivity index (χ1) is 8.70. The molecule has 0 saturated carbocycles. The Labute approximate surface area is 107 Å². The van der Waals surface area contributed by atoms with E-state index in [1.807, 2.05) is 0 Å². The van der Waals surface area contributed by atoms with E-state index in [9.17, 15) is 4.79 Å². The number of rotatable bonds is 3. The largest absolute Gasteiger partial charge is 0.398 e. The molecule has 1 saturated heterocycles. The van der Waals surface area contributed by atoms with Crippen LogP contribution in [-0.2, 0) is 0 Å². The second-order valence-electron chi connectivity index (χ2n) is 4.67. The van der Waals surface area contributed by atoms with Crippen LogP contribution in [0.4, 0.5) is 5.69 Å². The molecule has 2 rings (SSSR count). The summed E-state index contributed by atoms with van der Waals surface area (Å²) in [7, 11) is 0. The van der Waals surface area contributed by atoms with Crippen molar-refractivity contribution >= 4 is 11.6 Å². The molecule has 1 amide bonds. The average Bonchev–Trinajstić information content (AvgIpc) is 2.39. The van der Waals surface area contributed by atoms with Crippen LogP contribution in [0.3, 0.4) is 0 Å². The molecule has 5 nitrogen and oxygen atoms in total. The topological polar surface area (TPSA) is 71.2 Å². The number of nitrogens with two attached hydrogens (primary N) is 1. The van der Waals surface area contributed by atoms with Crippen molar-refractivity contribution < 1.29 is 4.79 Å². The van der Waals surface area contributed by atoms with E-state index in [2.05, 4.69) is 22.1 Å². The second-order valence-corrected chi connectivity index (χ2v) is 4.67. The van der Waals surface area contributed by atoms with Crippen molar-refractivity contribution in [1.82, 2.24) is 15.2 Å². The minimum Gasteiger partial charge on any atom is -0.398 e. The summed E-state index contributed by atoms with van der Waals surface area (Å²) in [6, 6.07) is 1.86. The number of hydrogen-bond acceptors (Lipinski definition) is 4. The van der Waals surface area contributed by atoms with E-state index in [4.69, 9.17) is 5.73 Å². The van der Waals surface area contributed by atoms with E-state index < -0.39 is 0 Å². The molecule has 3 N–H and O–H groups in total. The molecule has 1 aromatic rings. The monoisotopic (exact) mass is 248 g/mol. The molecule has 0 aliphatic carbocycles. The van der Waals surface area contributed by atoms with Crippen LogP contribution in [0.25, 0.3) is 0 Å². The Hall–Kier alpha value is -1.62. The Bertz CT molecular complexity index is 421. The van der Waals surface area contributed by atoms with Gasteiger partial charge < -0.3 is 16.0 Å². The fourth-order valence-electron chi connectivity index (χ4n) is 2.32. The maximum absolute atomic E-state index is 12.1. The number of aromatic nitrogens is 1. The fourth-order valence-corrected chi connectivity index (χ4v) is 2.32. The zero-order valence-corrected chi connectivity index (χ0v) is 10.7. The third kappa shape index (κ3) is 2.98. The molecule has 1 atom stereocenters. The molecule has 2 heterocycles. The number of nitrogens with one attached hydrogen (secondary N) is 1. The number of piperidine rings is 1. The number of nitrogens with zero attached hydrogens (tertiary/aromatic N) is 2. The molecule has 5 heteroatoms.